The molecule has 0 aliphatic heterocycles. The molecule has 2 nitrogen and oxygen atoms in total. The molecule has 0 unspecified atom stereocenters. The number of halogens is 1. The molecule has 1 aliphatic carbocycles. The summed E-state index contributed by atoms with van der Waals surface area (Å²) in [5, 5.41) is 0. The Bertz CT molecular complexity index is 286. The van der Waals surface area contributed by atoms with Gasteiger partial charge in [0.1, 0.15) is 6.10 Å². The number of hydrogen-bond acceptors (Lipinski definition) is 2. The highest BCUT2D eigenvalue weighted by atomic mass is 35.5. The fourth-order valence-electron chi connectivity index (χ4n) is 1.26. The molecule has 1 fully saturated rings. The number of nitrogens with zero attached hydrogens (tertiary/aromatic N) is 1. The van der Waals surface area contributed by atoms with Crippen molar-refractivity contribution in [3.8, 4) is 5.88 Å². The van der Waals surface area contributed by atoms with Crippen LogP contribution in [0.25, 0.3) is 0 Å². The molecular formula is C10H12ClNO. The van der Waals surface area contributed by atoms with Gasteiger partial charge in [-0.2, -0.15) is 0 Å². The van der Waals surface area contributed by atoms with E-state index >= 15 is 0 Å². The summed E-state index contributed by atoms with van der Waals surface area (Å²) in [5.74, 6) is 1.23. The minimum absolute atomic E-state index is 0.387. The lowest BCUT2D eigenvalue weighted by Gasteiger charge is -2.25. The van der Waals surface area contributed by atoms with E-state index in [0.29, 0.717) is 17.9 Å². The molecule has 0 atom stereocenters. The average molecular weight is 198 g/mol. The van der Waals surface area contributed by atoms with E-state index in [1.807, 2.05) is 12.1 Å². The molecule has 13 heavy (non-hydrogen) atoms. The molecule has 70 valence electrons. The van der Waals surface area contributed by atoms with E-state index in [4.69, 9.17) is 16.3 Å². The number of ether oxygens (including phenoxy) is 1. The molecule has 1 aliphatic rings. The second-order valence-corrected chi connectivity index (χ2v) is 3.57. The van der Waals surface area contributed by atoms with Crippen LogP contribution in [0.3, 0.4) is 0 Å². The Morgan fingerprint density at radius 1 is 1.54 bits per heavy atom. The number of hydrogen-bond donors (Lipinski definition) is 0. The largest absolute Gasteiger partial charge is 0.474 e. The van der Waals surface area contributed by atoms with Crippen LogP contribution >= 0.6 is 11.6 Å². The van der Waals surface area contributed by atoms with E-state index in [2.05, 4.69) is 4.98 Å². The molecule has 1 aromatic heterocycles. The molecule has 1 heterocycles. The van der Waals surface area contributed by atoms with Gasteiger partial charge in [-0.05, 0) is 30.9 Å². The summed E-state index contributed by atoms with van der Waals surface area (Å²) in [4.78, 5) is 4.13. The Morgan fingerprint density at radius 2 is 2.38 bits per heavy atom. The first-order chi connectivity index (χ1) is 6.38. The first-order valence-electron chi connectivity index (χ1n) is 4.56. The van der Waals surface area contributed by atoms with E-state index in [1.54, 1.807) is 6.20 Å². The highest BCUT2D eigenvalue weighted by Crippen LogP contribution is 2.24. The van der Waals surface area contributed by atoms with Crippen LogP contribution in [-0.4, -0.2) is 11.1 Å². The summed E-state index contributed by atoms with van der Waals surface area (Å²) in [6.45, 7) is 0. The van der Waals surface area contributed by atoms with Crippen molar-refractivity contribution in [1.29, 1.82) is 0 Å². The first-order valence-corrected chi connectivity index (χ1v) is 5.09. The molecule has 1 saturated carbocycles. The van der Waals surface area contributed by atoms with E-state index in [0.717, 1.165) is 18.4 Å². The zero-order chi connectivity index (χ0) is 9.10. The van der Waals surface area contributed by atoms with Crippen molar-refractivity contribution in [3.63, 3.8) is 0 Å². The summed E-state index contributed by atoms with van der Waals surface area (Å²) >= 11 is 5.70. The second kappa shape index (κ2) is 3.97. The number of aromatic nitrogens is 1. The molecule has 0 bridgehead atoms. The number of rotatable bonds is 3. The predicted molar refractivity (Wildman–Crippen MR) is 52.1 cm³/mol. The fraction of sp³-hybridized carbons (Fsp3) is 0.500. The summed E-state index contributed by atoms with van der Waals surface area (Å²) in [7, 11) is 0. The lowest BCUT2D eigenvalue weighted by molar-refractivity contribution is 0.114. The van der Waals surface area contributed by atoms with Crippen LogP contribution in [0, 0.1) is 0 Å². The molecule has 0 radical (unpaired) electrons. The van der Waals surface area contributed by atoms with Crippen LogP contribution < -0.4 is 4.74 Å². The van der Waals surface area contributed by atoms with Crippen molar-refractivity contribution < 1.29 is 4.74 Å². The van der Waals surface area contributed by atoms with Gasteiger partial charge in [-0.3, -0.25) is 0 Å². The van der Waals surface area contributed by atoms with Crippen LogP contribution in [0.15, 0.2) is 18.3 Å². The quantitative estimate of drug-likeness (QED) is 0.696. The van der Waals surface area contributed by atoms with Gasteiger partial charge in [-0.1, -0.05) is 0 Å². The Kier molecular flexibility index (Phi) is 2.69. The number of alkyl halides is 1. The van der Waals surface area contributed by atoms with Gasteiger partial charge < -0.3 is 4.74 Å². The SMILES string of the molecule is ClCc1ccnc(OC2CCC2)c1. The minimum atomic E-state index is 0.387. The van der Waals surface area contributed by atoms with E-state index < -0.39 is 0 Å². The highest BCUT2D eigenvalue weighted by molar-refractivity contribution is 6.17. The van der Waals surface area contributed by atoms with Gasteiger partial charge in [0.15, 0.2) is 0 Å². The maximum Gasteiger partial charge on any atom is 0.213 e. The fourth-order valence-corrected chi connectivity index (χ4v) is 1.42. The molecule has 0 N–H and O–H groups in total. The predicted octanol–water partition coefficient (Wildman–Crippen LogP) is 2.75. The highest BCUT2D eigenvalue weighted by Gasteiger charge is 2.19. The Labute approximate surface area is 82.9 Å². The van der Waals surface area contributed by atoms with Crippen LogP contribution in [0.4, 0.5) is 0 Å². The third-order valence-electron chi connectivity index (χ3n) is 2.29. The summed E-state index contributed by atoms with van der Waals surface area (Å²) in [6, 6.07) is 3.81. The third-order valence-corrected chi connectivity index (χ3v) is 2.60. The van der Waals surface area contributed by atoms with E-state index in [1.165, 1.54) is 6.42 Å². The molecular weight excluding hydrogens is 186 g/mol. The summed E-state index contributed by atoms with van der Waals surface area (Å²) < 4.78 is 5.62. The zero-order valence-corrected chi connectivity index (χ0v) is 8.13. The lowest BCUT2D eigenvalue weighted by Crippen LogP contribution is -2.24. The van der Waals surface area contributed by atoms with E-state index in [9.17, 15) is 0 Å². The number of pyridine rings is 1. The molecule has 0 spiro atoms. The Balaban J connectivity index is 2.01. The second-order valence-electron chi connectivity index (χ2n) is 3.31. The smallest absolute Gasteiger partial charge is 0.213 e. The zero-order valence-electron chi connectivity index (χ0n) is 7.37. The Morgan fingerprint density at radius 3 is 3.00 bits per heavy atom. The van der Waals surface area contributed by atoms with Gasteiger partial charge >= 0.3 is 0 Å². The molecule has 0 saturated heterocycles. The summed E-state index contributed by atoms with van der Waals surface area (Å²) in [6.07, 6.45) is 5.73. The van der Waals surface area contributed by atoms with E-state index in [-0.39, 0.29) is 0 Å². The maximum atomic E-state index is 5.70. The van der Waals surface area contributed by atoms with Crippen LogP contribution in [0.5, 0.6) is 5.88 Å². The van der Waals surface area contributed by atoms with Gasteiger partial charge in [0.05, 0.1) is 0 Å². The van der Waals surface area contributed by atoms with Gasteiger partial charge in [0.25, 0.3) is 0 Å². The van der Waals surface area contributed by atoms with Gasteiger partial charge in [-0.25, -0.2) is 4.98 Å². The maximum absolute atomic E-state index is 5.70. The molecule has 3 heteroatoms. The lowest BCUT2D eigenvalue weighted by atomic mass is 9.96. The standard InChI is InChI=1S/C10H12ClNO/c11-7-8-4-5-12-10(6-8)13-9-2-1-3-9/h4-6,9H,1-3,7H2. The molecule has 0 aromatic carbocycles. The van der Waals surface area contributed by atoms with Crippen LogP contribution in [0.1, 0.15) is 24.8 Å². The third kappa shape index (κ3) is 2.13. The van der Waals surface area contributed by atoms with Crippen molar-refractivity contribution in [1.82, 2.24) is 4.98 Å². The molecule has 2 rings (SSSR count). The van der Waals surface area contributed by atoms with Crippen molar-refractivity contribution in [3.05, 3.63) is 23.9 Å². The van der Waals surface area contributed by atoms with Crippen molar-refractivity contribution >= 4 is 11.6 Å². The molecule has 0 amide bonds. The normalized spacial score (nSPS) is 16.7. The Hall–Kier alpha value is -0.760. The summed E-state index contributed by atoms with van der Waals surface area (Å²) in [5.41, 5.74) is 1.06. The topological polar surface area (TPSA) is 22.1 Å². The monoisotopic (exact) mass is 197 g/mol. The van der Waals surface area contributed by atoms with Crippen molar-refractivity contribution in [2.75, 3.05) is 0 Å². The van der Waals surface area contributed by atoms with Crippen molar-refractivity contribution in [2.45, 2.75) is 31.2 Å². The molecule has 1 aromatic rings. The van der Waals surface area contributed by atoms with Gasteiger partial charge in [-0.15, -0.1) is 11.6 Å². The van der Waals surface area contributed by atoms with Crippen molar-refractivity contribution in [2.24, 2.45) is 0 Å². The van der Waals surface area contributed by atoms with Crippen LogP contribution in [-0.2, 0) is 5.88 Å². The van der Waals surface area contributed by atoms with Gasteiger partial charge in [0, 0.05) is 18.1 Å². The first kappa shape index (κ1) is 8.82. The van der Waals surface area contributed by atoms with Crippen LogP contribution in [0.2, 0.25) is 0 Å². The average Bonchev–Trinajstić information content (AvgIpc) is 2.12. The van der Waals surface area contributed by atoms with Gasteiger partial charge in [0.2, 0.25) is 5.88 Å². The minimum Gasteiger partial charge on any atom is -0.474 e.